The van der Waals surface area contributed by atoms with Crippen molar-refractivity contribution in [3.05, 3.63) is 70.4 Å². The Hall–Kier alpha value is -3.78. The molecule has 0 saturated carbocycles. The highest BCUT2D eigenvalue weighted by atomic mass is 19.1. The minimum absolute atomic E-state index is 0.0265. The van der Waals surface area contributed by atoms with E-state index >= 15 is 0 Å². The first-order valence-electron chi connectivity index (χ1n) is 10.4. The Labute approximate surface area is 184 Å². The van der Waals surface area contributed by atoms with Gasteiger partial charge in [0, 0.05) is 5.92 Å². The third-order valence-corrected chi connectivity index (χ3v) is 5.76. The molecular formula is C24H20F2N6. The molecule has 32 heavy (non-hydrogen) atoms. The molecule has 2 heterocycles. The van der Waals surface area contributed by atoms with Crippen LogP contribution < -0.4 is 0 Å². The van der Waals surface area contributed by atoms with Crippen LogP contribution in [-0.2, 0) is 0 Å². The number of benzene rings is 1. The fourth-order valence-corrected chi connectivity index (χ4v) is 4.37. The molecule has 0 bridgehead atoms. The van der Waals surface area contributed by atoms with Crippen molar-refractivity contribution in [2.24, 2.45) is 5.92 Å². The predicted molar refractivity (Wildman–Crippen MR) is 112 cm³/mol. The molecule has 0 saturated heterocycles. The number of halogens is 2. The Morgan fingerprint density at radius 3 is 2.44 bits per heavy atom. The van der Waals surface area contributed by atoms with Gasteiger partial charge in [-0.25, -0.2) is 18.7 Å². The maximum absolute atomic E-state index is 14.4. The number of nitrogens with zero attached hydrogens (tertiary/aromatic N) is 6. The predicted octanol–water partition coefficient (Wildman–Crippen LogP) is 5.01. The van der Waals surface area contributed by atoms with Crippen LogP contribution in [0.3, 0.4) is 0 Å². The number of hydrogen-bond donors (Lipinski definition) is 0. The molecular weight excluding hydrogens is 410 g/mol. The van der Waals surface area contributed by atoms with E-state index in [1.807, 2.05) is 12.1 Å². The van der Waals surface area contributed by atoms with Crippen molar-refractivity contribution in [2.75, 3.05) is 0 Å². The van der Waals surface area contributed by atoms with Crippen molar-refractivity contribution in [2.45, 2.75) is 44.9 Å². The van der Waals surface area contributed by atoms with E-state index in [1.54, 1.807) is 6.07 Å². The molecule has 2 aromatic heterocycles. The van der Waals surface area contributed by atoms with Crippen molar-refractivity contribution in [3.63, 3.8) is 0 Å². The summed E-state index contributed by atoms with van der Waals surface area (Å²) in [7, 11) is 0. The highest BCUT2D eigenvalue weighted by Crippen LogP contribution is 2.44. The highest BCUT2D eigenvalue weighted by molar-refractivity contribution is 5.62. The van der Waals surface area contributed by atoms with Gasteiger partial charge in [-0.05, 0) is 54.9 Å². The number of nitriles is 2. The van der Waals surface area contributed by atoms with E-state index in [-0.39, 0.29) is 34.5 Å². The molecule has 0 spiro atoms. The Balaban J connectivity index is 1.84. The third-order valence-electron chi connectivity index (χ3n) is 5.76. The van der Waals surface area contributed by atoms with Crippen LogP contribution in [0.15, 0.2) is 30.5 Å². The van der Waals surface area contributed by atoms with Gasteiger partial charge in [0.1, 0.15) is 23.8 Å². The lowest BCUT2D eigenvalue weighted by atomic mass is 9.75. The van der Waals surface area contributed by atoms with Gasteiger partial charge < -0.3 is 0 Å². The topological polar surface area (TPSA) is 99.1 Å². The zero-order chi connectivity index (χ0) is 22.8. The second-order valence-electron chi connectivity index (χ2n) is 8.34. The molecule has 6 nitrogen and oxygen atoms in total. The first-order chi connectivity index (χ1) is 15.4. The van der Waals surface area contributed by atoms with Crippen LogP contribution >= 0.6 is 0 Å². The molecule has 0 radical (unpaired) electrons. The van der Waals surface area contributed by atoms with Gasteiger partial charge in [-0.1, -0.05) is 19.9 Å². The van der Waals surface area contributed by atoms with Gasteiger partial charge in [-0.15, -0.1) is 5.10 Å². The van der Waals surface area contributed by atoms with E-state index in [0.717, 1.165) is 24.8 Å². The minimum atomic E-state index is -0.691. The van der Waals surface area contributed by atoms with Gasteiger partial charge in [0.25, 0.3) is 0 Å². The molecule has 0 fully saturated rings. The summed E-state index contributed by atoms with van der Waals surface area (Å²) in [5.41, 5.74) is 1.98. The second-order valence-corrected chi connectivity index (χ2v) is 8.34. The lowest BCUT2D eigenvalue weighted by Gasteiger charge is -2.31. The molecule has 0 amide bonds. The van der Waals surface area contributed by atoms with Gasteiger partial charge in [-0.2, -0.15) is 15.6 Å². The van der Waals surface area contributed by atoms with Gasteiger partial charge in [-0.3, -0.25) is 0 Å². The number of hydrogen-bond acceptors (Lipinski definition) is 6. The number of rotatable bonds is 4. The number of fused-ring (bicyclic) bond motifs is 1. The molecule has 1 aromatic carbocycles. The Morgan fingerprint density at radius 2 is 1.78 bits per heavy atom. The average molecular weight is 430 g/mol. The lowest BCUT2D eigenvalue weighted by molar-refractivity contribution is 0.422. The van der Waals surface area contributed by atoms with Crippen molar-refractivity contribution in [1.29, 1.82) is 10.5 Å². The molecule has 0 aliphatic heterocycles. The normalized spacial score (nSPS) is 17.5. The van der Waals surface area contributed by atoms with Crippen molar-refractivity contribution < 1.29 is 8.78 Å². The molecule has 2 atom stereocenters. The zero-order valence-corrected chi connectivity index (χ0v) is 17.7. The largest absolute Gasteiger partial charge is 0.241 e. The fourth-order valence-electron chi connectivity index (χ4n) is 4.37. The summed E-state index contributed by atoms with van der Waals surface area (Å²) in [6, 6.07) is 9.22. The molecule has 1 unspecified atom stereocenters. The van der Waals surface area contributed by atoms with Crippen LogP contribution in [0.2, 0.25) is 0 Å². The van der Waals surface area contributed by atoms with Crippen LogP contribution in [0.25, 0.3) is 11.3 Å². The molecule has 160 valence electrons. The standard InChI is InChI=1S/C24H20F2N6/c1-13(2)8-14-6-7-15(22-12-29-20(10-27)21(11-28)30-22)24-16(14)9-19(31-32-24)23-17(25)4-3-5-18(23)26/h3-5,9,12-15H,6-8H2,1-2H3/t14-,15?/m1/s1. The molecule has 0 N–H and O–H groups in total. The van der Waals surface area contributed by atoms with Gasteiger partial charge >= 0.3 is 0 Å². The Morgan fingerprint density at radius 1 is 1.06 bits per heavy atom. The van der Waals surface area contributed by atoms with Gasteiger partial charge in [0.05, 0.1) is 28.8 Å². The van der Waals surface area contributed by atoms with E-state index in [1.165, 1.54) is 24.4 Å². The van der Waals surface area contributed by atoms with Crippen molar-refractivity contribution in [3.8, 4) is 23.4 Å². The summed E-state index contributed by atoms with van der Waals surface area (Å²) >= 11 is 0. The quantitative estimate of drug-likeness (QED) is 0.577. The van der Waals surface area contributed by atoms with E-state index in [0.29, 0.717) is 17.3 Å². The van der Waals surface area contributed by atoms with Crippen LogP contribution in [0.1, 0.15) is 73.3 Å². The maximum Gasteiger partial charge on any atom is 0.177 e. The van der Waals surface area contributed by atoms with E-state index in [4.69, 9.17) is 5.26 Å². The molecule has 3 aromatic rings. The summed E-state index contributed by atoms with van der Waals surface area (Å²) in [5, 5.41) is 27.0. The monoisotopic (exact) mass is 430 g/mol. The van der Waals surface area contributed by atoms with Gasteiger partial charge in [0.15, 0.2) is 11.4 Å². The fraction of sp³-hybridized carbons (Fsp3) is 0.333. The first kappa shape index (κ1) is 21.5. The Kier molecular flexibility index (Phi) is 5.87. The second kappa shape index (κ2) is 8.76. The summed E-state index contributed by atoms with van der Waals surface area (Å²) in [4.78, 5) is 8.42. The van der Waals surface area contributed by atoms with Crippen molar-refractivity contribution in [1.82, 2.24) is 20.2 Å². The maximum atomic E-state index is 14.4. The molecule has 1 aliphatic rings. The lowest BCUT2D eigenvalue weighted by Crippen LogP contribution is -2.21. The number of aromatic nitrogens is 4. The zero-order valence-electron chi connectivity index (χ0n) is 17.7. The molecule has 4 rings (SSSR count). The summed E-state index contributed by atoms with van der Waals surface area (Å²) in [6.07, 6.45) is 3.93. The van der Waals surface area contributed by atoms with Crippen LogP contribution in [-0.4, -0.2) is 20.2 Å². The highest BCUT2D eigenvalue weighted by Gasteiger charge is 2.33. The first-order valence-corrected chi connectivity index (χ1v) is 10.4. The van der Waals surface area contributed by atoms with E-state index < -0.39 is 11.6 Å². The summed E-state index contributed by atoms with van der Waals surface area (Å²) in [5.74, 6) is -1.07. The summed E-state index contributed by atoms with van der Waals surface area (Å²) < 4.78 is 28.8. The summed E-state index contributed by atoms with van der Waals surface area (Å²) in [6.45, 7) is 4.26. The van der Waals surface area contributed by atoms with Crippen LogP contribution in [0, 0.1) is 40.2 Å². The molecule has 1 aliphatic carbocycles. The smallest absolute Gasteiger partial charge is 0.177 e. The minimum Gasteiger partial charge on any atom is -0.241 e. The van der Waals surface area contributed by atoms with Crippen LogP contribution in [0.5, 0.6) is 0 Å². The van der Waals surface area contributed by atoms with E-state index in [2.05, 4.69) is 34.0 Å². The SMILES string of the molecule is CC(C)C[C@H]1CCC(c2cnc(C#N)c(C#N)n2)c2nnc(-c3c(F)cccc3F)cc21. The van der Waals surface area contributed by atoms with Crippen molar-refractivity contribution >= 4 is 0 Å². The molecule has 8 heteroatoms. The third kappa shape index (κ3) is 3.92. The average Bonchev–Trinajstić information content (AvgIpc) is 2.78. The van der Waals surface area contributed by atoms with E-state index in [9.17, 15) is 14.0 Å². The Bertz CT molecular complexity index is 1240. The van der Waals surface area contributed by atoms with Gasteiger partial charge in [0.2, 0.25) is 0 Å². The van der Waals surface area contributed by atoms with Crippen LogP contribution in [0.4, 0.5) is 8.78 Å².